The maximum absolute atomic E-state index is 14.7. The summed E-state index contributed by atoms with van der Waals surface area (Å²) in [6.07, 6.45) is 4.45. The molecule has 0 aromatic carbocycles. The van der Waals surface area contributed by atoms with Gasteiger partial charge >= 0.3 is 5.97 Å². The Kier molecular flexibility index (Phi) is 19.0. The fourth-order valence-electron chi connectivity index (χ4n) is 7.05. The number of methoxy groups -OCH3 is 2. The highest BCUT2D eigenvalue weighted by Crippen LogP contribution is 2.33. The quantitative estimate of drug-likeness (QED) is 0.116. The zero-order valence-electron chi connectivity index (χ0n) is 32.9. The van der Waals surface area contributed by atoms with Crippen LogP contribution in [0.4, 0.5) is 0 Å². The second kappa shape index (κ2) is 22.6. The molecule has 2 amide bonds. The number of nitrogens with one attached hydrogen (secondary N) is 1. The largest absolute Gasteiger partial charge is 0.481 e. The summed E-state index contributed by atoms with van der Waals surface area (Å²) in [5.74, 6) is -2.33. The number of thiophene rings is 1. The van der Waals surface area contributed by atoms with Crippen LogP contribution < -0.4 is 5.32 Å². The number of likely N-dealkylation sites (N-methyl/N-ethyl adjacent to an activating group) is 1. The lowest BCUT2D eigenvalue weighted by atomic mass is 9.82. The molecule has 2 aromatic heterocycles. The third-order valence-corrected chi connectivity index (χ3v) is 12.3. The van der Waals surface area contributed by atoms with Crippen molar-refractivity contribution in [3.63, 3.8) is 0 Å². The van der Waals surface area contributed by atoms with Crippen LogP contribution in [0.25, 0.3) is 0 Å². The van der Waals surface area contributed by atoms with Gasteiger partial charge in [0.25, 0.3) is 5.91 Å². The molecule has 3 unspecified atom stereocenters. The highest BCUT2D eigenvalue weighted by molar-refractivity contribution is 7.10. The van der Waals surface area contributed by atoms with Gasteiger partial charge in [0.1, 0.15) is 23.6 Å². The predicted octanol–water partition coefficient (Wildman–Crippen LogP) is 6.31. The number of aromatic nitrogens is 1. The lowest BCUT2D eigenvalue weighted by Gasteiger charge is -2.40. The molecule has 2 N–H and O–H groups in total. The molecule has 0 bridgehead atoms. The molecule has 1 saturated heterocycles. The average molecular weight is 779 g/mol. The Hall–Kier alpha value is -2.75. The van der Waals surface area contributed by atoms with Crippen molar-refractivity contribution in [2.75, 3.05) is 47.8 Å². The first-order valence-electron chi connectivity index (χ1n) is 18.9. The maximum Gasteiger partial charge on any atom is 0.306 e. The normalized spacial score (nSPS) is 18.5. The number of rotatable bonds is 24. The molecule has 14 heteroatoms. The monoisotopic (exact) mass is 778 g/mol. The summed E-state index contributed by atoms with van der Waals surface area (Å²) in [6.45, 7) is 11.4. The summed E-state index contributed by atoms with van der Waals surface area (Å²) in [6, 6.07) is 3.05. The first-order valence-corrected chi connectivity index (χ1v) is 20.7. The summed E-state index contributed by atoms with van der Waals surface area (Å²) in [4.78, 5) is 63.4. The Morgan fingerprint density at radius 3 is 2.45 bits per heavy atom. The molecule has 2 aromatic rings. The SMILES string of the molecule is CCC(C)C(CC(=O)C1CCCCN1C)C(=O)N(CCOC)[C@H](C[C@@H](OCOC)c1nc(C(=O)N[C@@H](Cc2cccs2)C[C@H](C)C(=O)O)cs1)C(C)C. The number of nitrogens with zero attached hydrogens (tertiary/aromatic N) is 3. The molecule has 1 fully saturated rings. The van der Waals surface area contributed by atoms with Crippen LogP contribution in [0.3, 0.4) is 0 Å². The zero-order valence-corrected chi connectivity index (χ0v) is 34.5. The van der Waals surface area contributed by atoms with Gasteiger partial charge in [-0.3, -0.25) is 24.1 Å². The Morgan fingerprint density at radius 1 is 1.09 bits per heavy atom. The number of carboxylic acids is 1. The van der Waals surface area contributed by atoms with E-state index in [-0.39, 0.29) is 66.8 Å². The third-order valence-electron chi connectivity index (χ3n) is 10.5. The number of ketones is 1. The minimum Gasteiger partial charge on any atom is -0.481 e. The number of amides is 2. The Balaban J connectivity index is 1.88. The van der Waals surface area contributed by atoms with Crippen molar-refractivity contribution in [2.45, 2.75) is 110 Å². The van der Waals surface area contributed by atoms with Crippen LogP contribution in [0.15, 0.2) is 22.9 Å². The van der Waals surface area contributed by atoms with Gasteiger partial charge < -0.3 is 29.5 Å². The van der Waals surface area contributed by atoms with E-state index in [9.17, 15) is 24.3 Å². The van der Waals surface area contributed by atoms with Crippen LogP contribution in [-0.2, 0) is 35.0 Å². The van der Waals surface area contributed by atoms with Crippen molar-refractivity contribution >= 4 is 46.2 Å². The molecule has 1 aliphatic rings. The number of likely N-dealkylation sites (tertiary alicyclic amines) is 1. The maximum atomic E-state index is 14.7. The van der Waals surface area contributed by atoms with E-state index in [1.54, 1.807) is 30.8 Å². The molecule has 0 radical (unpaired) electrons. The van der Waals surface area contributed by atoms with Crippen LogP contribution in [-0.4, -0.2) is 109 Å². The number of thiazole rings is 1. The second-order valence-electron chi connectivity index (χ2n) is 14.8. The van der Waals surface area contributed by atoms with Gasteiger partial charge in [-0.15, -0.1) is 22.7 Å². The van der Waals surface area contributed by atoms with Crippen molar-refractivity contribution in [2.24, 2.45) is 23.7 Å². The van der Waals surface area contributed by atoms with Gasteiger partial charge in [0.15, 0.2) is 5.78 Å². The van der Waals surface area contributed by atoms with Gasteiger partial charge in [-0.25, -0.2) is 4.98 Å². The lowest BCUT2D eigenvalue weighted by molar-refractivity contribution is -0.146. The van der Waals surface area contributed by atoms with Crippen LogP contribution in [0, 0.1) is 23.7 Å². The number of carbonyl (C=O) groups is 4. The number of Topliss-reactive ketones (excluding diaryl/α,β-unsaturated/α-hetero) is 1. The fraction of sp³-hybridized carbons (Fsp3) is 0.718. The van der Waals surface area contributed by atoms with Gasteiger partial charge in [-0.1, -0.05) is 53.5 Å². The lowest BCUT2D eigenvalue weighted by Crippen LogP contribution is -2.50. The molecule has 3 rings (SSSR count). The highest BCUT2D eigenvalue weighted by Gasteiger charge is 2.38. The van der Waals surface area contributed by atoms with Crippen molar-refractivity contribution in [3.05, 3.63) is 38.5 Å². The number of ether oxygens (including phenoxy) is 3. The molecule has 0 spiro atoms. The van der Waals surface area contributed by atoms with Gasteiger partial charge in [-0.05, 0) is 56.1 Å². The molecular weight excluding hydrogens is 717 g/mol. The van der Waals surface area contributed by atoms with Crippen LogP contribution in [0.5, 0.6) is 0 Å². The fourth-order valence-corrected chi connectivity index (χ4v) is 8.70. The standard InChI is InChI=1S/C39H62N4O8S2/c1-9-26(4)30(21-34(44)32-14-10-11-15-42(32)6)38(46)43(16-17-49-7)33(25(2)3)22-35(51-24-50-8)37-41-31(23-53-37)36(45)40-28(19-27(5)39(47)48)20-29-13-12-18-52-29/h12-13,18,23,25-28,30,32-33,35H,9-11,14-17,19-22,24H2,1-8H3,(H,40,45)(H,47,48)/t26?,27-,28+,30?,32?,33+,35+/m0/s1. The second-order valence-corrected chi connectivity index (χ2v) is 16.7. The summed E-state index contributed by atoms with van der Waals surface area (Å²) in [5, 5.41) is 16.8. The summed E-state index contributed by atoms with van der Waals surface area (Å²) in [5.41, 5.74) is 0.214. The van der Waals surface area contributed by atoms with Gasteiger partial charge in [0, 0.05) is 68.3 Å². The predicted molar refractivity (Wildman–Crippen MR) is 208 cm³/mol. The van der Waals surface area contributed by atoms with Crippen molar-refractivity contribution in [1.82, 2.24) is 20.1 Å². The molecule has 7 atom stereocenters. The van der Waals surface area contributed by atoms with Crippen molar-refractivity contribution < 1.29 is 38.5 Å². The first kappa shape index (κ1) is 44.6. The first-order chi connectivity index (χ1) is 25.3. The van der Waals surface area contributed by atoms with E-state index in [0.29, 0.717) is 31.0 Å². The molecule has 0 aliphatic carbocycles. The van der Waals surface area contributed by atoms with E-state index < -0.39 is 30.0 Å². The number of hydrogen-bond acceptors (Lipinski definition) is 11. The molecule has 3 heterocycles. The van der Waals surface area contributed by atoms with Crippen LogP contribution in [0.2, 0.25) is 0 Å². The molecule has 1 aliphatic heterocycles. The van der Waals surface area contributed by atoms with E-state index in [1.165, 1.54) is 18.4 Å². The van der Waals surface area contributed by atoms with E-state index in [2.05, 4.69) is 37.9 Å². The van der Waals surface area contributed by atoms with E-state index in [4.69, 9.17) is 19.2 Å². The topological polar surface area (TPSA) is 148 Å². The summed E-state index contributed by atoms with van der Waals surface area (Å²) in [7, 11) is 5.15. The van der Waals surface area contributed by atoms with Gasteiger partial charge in [0.05, 0.1) is 18.6 Å². The van der Waals surface area contributed by atoms with E-state index in [1.807, 2.05) is 29.5 Å². The molecule has 53 heavy (non-hydrogen) atoms. The van der Waals surface area contributed by atoms with Crippen molar-refractivity contribution in [1.29, 1.82) is 0 Å². The number of hydrogen-bond donors (Lipinski definition) is 2. The van der Waals surface area contributed by atoms with Gasteiger partial charge in [0.2, 0.25) is 5.91 Å². The summed E-state index contributed by atoms with van der Waals surface area (Å²) >= 11 is 2.86. The third kappa shape index (κ3) is 13.5. The average Bonchev–Trinajstić information content (AvgIpc) is 3.84. The smallest absolute Gasteiger partial charge is 0.306 e. The van der Waals surface area contributed by atoms with E-state index in [0.717, 1.165) is 37.1 Å². The van der Waals surface area contributed by atoms with E-state index >= 15 is 0 Å². The Labute approximate surface area is 324 Å². The number of carbonyl (C=O) groups excluding carboxylic acids is 3. The zero-order chi connectivity index (χ0) is 39.1. The number of carboxylic acid groups (broad SMARTS) is 1. The molecule has 12 nitrogen and oxygen atoms in total. The van der Waals surface area contributed by atoms with Crippen LogP contribution in [0.1, 0.15) is 106 Å². The minimum absolute atomic E-state index is 0.000837. The van der Waals surface area contributed by atoms with Crippen LogP contribution >= 0.6 is 22.7 Å². The number of aliphatic carboxylic acids is 1. The molecule has 298 valence electrons. The Bertz CT molecular complexity index is 1420. The minimum atomic E-state index is -0.916. The van der Waals surface area contributed by atoms with Gasteiger partial charge in [-0.2, -0.15) is 0 Å². The molecular formula is C39H62N4O8S2. The highest BCUT2D eigenvalue weighted by atomic mass is 32.1. The Morgan fingerprint density at radius 2 is 1.85 bits per heavy atom. The van der Waals surface area contributed by atoms with Crippen molar-refractivity contribution in [3.8, 4) is 0 Å². The number of piperidine rings is 1. The summed E-state index contributed by atoms with van der Waals surface area (Å²) < 4.78 is 17.0. The molecule has 0 saturated carbocycles.